The summed E-state index contributed by atoms with van der Waals surface area (Å²) in [4.78, 5) is 12.2. The van der Waals surface area contributed by atoms with Crippen molar-refractivity contribution in [2.75, 3.05) is 23.0 Å². The number of ether oxygens (including phenoxy) is 1. The average molecular weight is 322 g/mol. The summed E-state index contributed by atoms with van der Waals surface area (Å²) >= 11 is 0. The Labute approximate surface area is 140 Å². The van der Waals surface area contributed by atoms with Gasteiger partial charge in [-0.2, -0.15) is 5.26 Å². The molecule has 4 N–H and O–H groups in total. The van der Waals surface area contributed by atoms with Gasteiger partial charge in [-0.1, -0.05) is 12.1 Å². The molecule has 0 atom stereocenters. The van der Waals surface area contributed by atoms with Gasteiger partial charge in [0.1, 0.15) is 17.4 Å². The lowest BCUT2D eigenvalue weighted by molar-refractivity contribution is -0.112. The largest absolute Gasteiger partial charge is 0.492 e. The number of benzene rings is 2. The lowest BCUT2D eigenvalue weighted by Crippen LogP contribution is -2.14. The fourth-order valence-corrected chi connectivity index (χ4v) is 1.93. The minimum atomic E-state index is -0.510. The first kappa shape index (κ1) is 16.9. The second-order valence-electron chi connectivity index (χ2n) is 4.82. The van der Waals surface area contributed by atoms with Gasteiger partial charge in [-0.05, 0) is 43.3 Å². The molecule has 1 amide bonds. The number of nitrogen functional groups attached to an aromatic ring is 1. The first-order valence-electron chi connectivity index (χ1n) is 7.39. The molecule has 2 aromatic rings. The third kappa shape index (κ3) is 4.52. The van der Waals surface area contributed by atoms with E-state index in [1.165, 1.54) is 6.20 Å². The van der Waals surface area contributed by atoms with Crippen LogP contribution in [0, 0.1) is 11.3 Å². The summed E-state index contributed by atoms with van der Waals surface area (Å²) < 4.78 is 5.48. The molecule has 24 heavy (non-hydrogen) atoms. The third-order valence-electron chi connectivity index (χ3n) is 3.09. The Morgan fingerprint density at radius 1 is 1.25 bits per heavy atom. The van der Waals surface area contributed by atoms with E-state index in [1.54, 1.807) is 36.4 Å². The standard InChI is InChI=1S/C18H18N4O2/c1-2-24-17-6-4-3-5-16(17)21-12-13(11-19)18(23)22-15-9-7-14(20)8-10-15/h3-10,12,21H,2,20H2,1H3,(H,22,23)/b13-12-. The maximum atomic E-state index is 12.2. The van der Waals surface area contributed by atoms with Gasteiger partial charge in [0.2, 0.25) is 0 Å². The molecule has 6 heteroatoms. The first-order valence-corrected chi connectivity index (χ1v) is 7.39. The van der Waals surface area contributed by atoms with Gasteiger partial charge in [-0.25, -0.2) is 0 Å². The van der Waals surface area contributed by atoms with Crippen LogP contribution >= 0.6 is 0 Å². The molecule has 2 rings (SSSR count). The van der Waals surface area contributed by atoms with Crippen molar-refractivity contribution in [3.63, 3.8) is 0 Å². The molecule has 122 valence electrons. The third-order valence-corrected chi connectivity index (χ3v) is 3.09. The summed E-state index contributed by atoms with van der Waals surface area (Å²) in [7, 11) is 0. The van der Waals surface area contributed by atoms with Crippen LogP contribution in [0.5, 0.6) is 5.75 Å². The van der Waals surface area contributed by atoms with Crippen molar-refractivity contribution < 1.29 is 9.53 Å². The van der Waals surface area contributed by atoms with Gasteiger partial charge >= 0.3 is 0 Å². The van der Waals surface area contributed by atoms with E-state index < -0.39 is 5.91 Å². The van der Waals surface area contributed by atoms with Crippen LogP contribution in [0.2, 0.25) is 0 Å². The molecule has 6 nitrogen and oxygen atoms in total. The lowest BCUT2D eigenvalue weighted by Gasteiger charge is -2.10. The van der Waals surface area contributed by atoms with E-state index in [0.717, 1.165) is 0 Å². The molecular formula is C18H18N4O2. The van der Waals surface area contributed by atoms with E-state index in [9.17, 15) is 10.1 Å². The smallest absolute Gasteiger partial charge is 0.267 e. The second kappa shape index (κ2) is 8.25. The topological polar surface area (TPSA) is 100 Å². The molecule has 0 aliphatic rings. The van der Waals surface area contributed by atoms with E-state index >= 15 is 0 Å². The molecule has 0 aromatic heterocycles. The number of carbonyl (C=O) groups is 1. The number of carbonyl (C=O) groups excluding carboxylic acids is 1. The Balaban J connectivity index is 2.10. The van der Waals surface area contributed by atoms with Crippen LogP contribution in [0.1, 0.15) is 6.92 Å². The summed E-state index contributed by atoms with van der Waals surface area (Å²) in [6.45, 7) is 2.40. The molecule has 0 bridgehead atoms. The number of para-hydroxylation sites is 2. The quantitative estimate of drug-likeness (QED) is 0.431. The lowest BCUT2D eigenvalue weighted by atomic mass is 10.2. The van der Waals surface area contributed by atoms with Crippen molar-refractivity contribution in [2.24, 2.45) is 0 Å². The van der Waals surface area contributed by atoms with Gasteiger partial charge in [-0.15, -0.1) is 0 Å². The van der Waals surface area contributed by atoms with Gasteiger partial charge < -0.3 is 21.1 Å². The summed E-state index contributed by atoms with van der Waals surface area (Å²) in [5.41, 5.74) is 7.37. The highest BCUT2D eigenvalue weighted by Crippen LogP contribution is 2.23. The Kier molecular flexibility index (Phi) is 5.81. The van der Waals surface area contributed by atoms with Gasteiger partial charge in [0.05, 0.1) is 12.3 Å². The van der Waals surface area contributed by atoms with Crippen molar-refractivity contribution >= 4 is 23.0 Å². The highest BCUT2D eigenvalue weighted by Gasteiger charge is 2.10. The average Bonchev–Trinajstić information content (AvgIpc) is 2.59. The number of nitrogens with one attached hydrogen (secondary N) is 2. The fraction of sp³-hybridized carbons (Fsp3) is 0.111. The van der Waals surface area contributed by atoms with E-state index in [1.807, 2.05) is 25.1 Å². The minimum absolute atomic E-state index is 0.0573. The summed E-state index contributed by atoms with van der Waals surface area (Å²) in [6, 6.07) is 15.8. The maximum absolute atomic E-state index is 12.2. The van der Waals surface area contributed by atoms with Gasteiger partial charge in [0.15, 0.2) is 0 Å². The predicted molar refractivity (Wildman–Crippen MR) is 94.4 cm³/mol. The maximum Gasteiger partial charge on any atom is 0.267 e. The number of nitriles is 1. The van der Waals surface area contributed by atoms with Crippen molar-refractivity contribution in [1.82, 2.24) is 0 Å². The van der Waals surface area contributed by atoms with Crippen molar-refractivity contribution in [3.05, 3.63) is 60.3 Å². The zero-order chi connectivity index (χ0) is 17.4. The highest BCUT2D eigenvalue weighted by molar-refractivity contribution is 6.06. The molecular weight excluding hydrogens is 304 g/mol. The van der Waals surface area contributed by atoms with Crippen LogP contribution in [0.3, 0.4) is 0 Å². The van der Waals surface area contributed by atoms with Gasteiger partial charge in [0, 0.05) is 17.6 Å². The molecule has 0 unspecified atom stereocenters. The van der Waals surface area contributed by atoms with E-state index in [0.29, 0.717) is 29.4 Å². The van der Waals surface area contributed by atoms with E-state index in [4.69, 9.17) is 10.5 Å². The number of nitrogens with zero attached hydrogens (tertiary/aromatic N) is 1. The van der Waals surface area contributed by atoms with Crippen LogP contribution in [0.4, 0.5) is 17.1 Å². The van der Waals surface area contributed by atoms with Crippen molar-refractivity contribution in [1.29, 1.82) is 5.26 Å². The molecule has 2 aromatic carbocycles. The second-order valence-corrected chi connectivity index (χ2v) is 4.82. The molecule has 0 saturated carbocycles. The molecule has 0 spiro atoms. The van der Waals surface area contributed by atoms with Crippen LogP contribution in [-0.2, 0) is 4.79 Å². The van der Waals surface area contributed by atoms with E-state index in [-0.39, 0.29) is 5.57 Å². The minimum Gasteiger partial charge on any atom is -0.492 e. The Hall–Kier alpha value is -3.46. The fourth-order valence-electron chi connectivity index (χ4n) is 1.93. The first-order chi connectivity index (χ1) is 11.6. The number of hydrogen-bond acceptors (Lipinski definition) is 5. The van der Waals surface area contributed by atoms with Crippen molar-refractivity contribution in [3.8, 4) is 11.8 Å². The molecule has 0 aliphatic carbocycles. The number of hydrogen-bond donors (Lipinski definition) is 3. The molecule has 0 fully saturated rings. The highest BCUT2D eigenvalue weighted by atomic mass is 16.5. The zero-order valence-corrected chi connectivity index (χ0v) is 13.2. The number of rotatable bonds is 6. The van der Waals surface area contributed by atoms with Crippen LogP contribution in [0.25, 0.3) is 0 Å². The summed E-state index contributed by atoms with van der Waals surface area (Å²) in [6.07, 6.45) is 1.35. The Morgan fingerprint density at radius 3 is 2.62 bits per heavy atom. The molecule has 0 aliphatic heterocycles. The van der Waals surface area contributed by atoms with Crippen molar-refractivity contribution in [2.45, 2.75) is 6.92 Å². The summed E-state index contributed by atoms with van der Waals surface area (Å²) in [5.74, 6) is 0.135. The Morgan fingerprint density at radius 2 is 1.96 bits per heavy atom. The van der Waals surface area contributed by atoms with Crippen LogP contribution < -0.4 is 21.1 Å². The van der Waals surface area contributed by atoms with Gasteiger partial charge in [0.25, 0.3) is 5.91 Å². The monoisotopic (exact) mass is 322 g/mol. The zero-order valence-electron chi connectivity index (χ0n) is 13.2. The van der Waals surface area contributed by atoms with Crippen LogP contribution in [-0.4, -0.2) is 12.5 Å². The Bertz CT molecular complexity index is 776. The predicted octanol–water partition coefficient (Wildman–Crippen LogP) is 3.13. The molecule has 0 heterocycles. The molecule has 0 radical (unpaired) electrons. The van der Waals surface area contributed by atoms with Gasteiger partial charge in [-0.3, -0.25) is 4.79 Å². The molecule has 0 saturated heterocycles. The van der Waals surface area contributed by atoms with Crippen LogP contribution in [0.15, 0.2) is 60.3 Å². The SMILES string of the molecule is CCOc1ccccc1N/C=C(/C#N)C(=O)Nc1ccc(N)cc1. The normalized spacial score (nSPS) is 10.6. The van der Waals surface area contributed by atoms with E-state index in [2.05, 4.69) is 10.6 Å². The number of anilines is 3. The number of nitrogens with two attached hydrogens (primary N) is 1. The summed E-state index contributed by atoms with van der Waals surface area (Å²) in [5, 5.41) is 14.8. The number of amides is 1.